The van der Waals surface area contributed by atoms with Crippen LogP contribution in [-0.4, -0.2) is 18.5 Å². The van der Waals surface area contributed by atoms with Crippen LogP contribution in [0.15, 0.2) is 12.1 Å². The van der Waals surface area contributed by atoms with Crippen LogP contribution in [0, 0.1) is 95.2 Å². The van der Waals surface area contributed by atoms with Crippen molar-refractivity contribution >= 4 is 35.1 Å². The molecule has 0 bridgehead atoms. The molecule has 0 spiro atoms. The fourth-order valence-corrected chi connectivity index (χ4v) is 2.13. The van der Waals surface area contributed by atoms with Crippen LogP contribution in [0.3, 0.4) is 0 Å². The van der Waals surface area contributed by atoms with Gasteiger partial charge in [0.15, 0.2) is 5.75 Å². The van der Waals surface area contributed by atoms with Crippen molar-refractivity contribution < 1.29 is 34.8 Å². The third kappa shape index (κ3) is 10.1. The van der Waals surface area contributed by atoms with E-state index in [9.17, 15) is 9.59 Å². The summed E-state index contributed by atoms with van der Waals surface area (Å²) >= 11 is 12.0. The molecule has 0 aliphatic heterocycles. The zero-order chi connectivity index (χ0) is 23.6. The number of ether oxygens (including phenoxy) is 2. The standard InChI is InChI=1S/C26H8Cl2O4.11H2/c1-3-5-6-7-8-9-10-11-12-13-14-15-16-17-18-24(29)32-25-22(27)19-21(20-23(25)28)26(30)31-4-2;;;;;;;;;;;/h1,19-20H,4H2,2H3;11*1H. The number of hydrogen-bond donors (Lipinski definition) is 0. The Hall–Kier alpha value is -4.78. The lowest BCUT2D eigenvalue weighted by molar-refractivity contribution is -0.128. The maximum absolute atomic E-state index is 11.8. The predicted octanol–water partition coefficient (Wildman–Crippen LogP) is 5.44. The quantitative estimate of drug-likeness (QED) is 0.252. The van der Waals surface area contributed by atoms with Crippen LogP contribution < -0.4 is 4.74 Å². The number of carbonyl (C=O) groups is 2. The summed E-state index contributed by atoms with van der Waals surface area (Å²) < 4.78 is 9.84. The summed E-state index contributed by atoms with van der Waals surface area (Å²) in [4.78, 5) is 23.5. The summed E-state index contributed by atoms with van der Waals surface area (Å²) in [6, 6.07) is 2.53. The second-order valence-electron chi connectivity index (χ2n) is 4.77. The van der Waals surface area contributed by atoms with Crippen molar-refractivity contribution in [2.24, 2.45) is 0 Å². The maximum atomic E-state index is 11.8. The van der Waals surface area contributed by atoms with E-state index < -0.39 is 11.9 Å². The minimum absolute atomic E-state index is 0. The van der Waals surface area contributed by atoms with Gasteiger partial charge in [0.2, 0.25) is 0 Å². The summed E-state index contributed by atoms with van der Waals surface area (Å²) in [5.74, 6) is 33.6. The van der Waals surface area contributed by atoms with Crippen molar-refractivity contribution in [1.82, 2.24) is 0 Å². The van der Waals surface area contributed by atoms with E-state index in [0.717, 1.165) is 0 Å². The number of benzene rings is 1. The molecule has 0 N–H and O–H groups in total. The topological polar surface area (TPSA) is 52.6 Å². The highest BCUT2D eigenvalue weighted by molar-refractivity contribution is 6.38. The molecule has 1 aromatic carbocycles. The molecular weight excluding hydrogens is 447 g/mol. The lowest BCUT2D eigenvalue weighted by Crippen LogP contribution is -2.08. The van der Waals surface area contributed by atoms with Gasteiger partial charge in [0, 0.05) is 21.6 Å². The largest absolute Gasteiger partial charge is 0.462 e. The van der Waals surface area contributed by atoms with Gasteiger partial charge in [-0.1, -0.05) is 23.2 Å². The molecule has 1 rings (SSSR count). The molecule has 4 nitrogen and oxygen atoms in total. The number of esters is 2. The highest BCUT2D eigenvalue weighted by Crippen LogP contribution is 2.34. The molecular formula is C26H30Cl2O4. The number of hydrogen-bond acceptors (Lipinski definition) is 4. The van der Waals surface area contributed by atoms with Gasteiger partial charge in [0.05, 0.1) is 22.2 Å². The molecule has 0 saturated heterocycles. The fraction of sp³-hybridized carbons (Fsp3) is 0.0769. The van der Waals surface area contributed by atoms with Crippen molar-refractivity contribution in [1.29, 1.82) is 0 Å². The predicted molar refractivity (Wildman–Crippen MR) is 145 cm³/mol. The van der Waals surface area contributed by atoms with E-state index >= 15 is 0 Å². The Morgan fingerprint density at radius 3 is 1.72 bits per heavy atom. The summed E-state index contributed by atoms with van der Waals surface area (Å²) in [6.07, 6.45) is 4.92. The highest BCUT2D eigenvalue weighted by atomic mass is 35.5. The molecule has 1 aromatic rings. The normalized spacial score (nSPS) is 7.06. The maximum Gasteiger partial charge on any atom is 0.390 e. The van der Waals surface area contributed by atoms with Gasteiger partial charge >= 0.3 is 11.9 Å². The van der Waals surface area contributed by atoms with E-state index in [-0.39, 0.29) is 43.7 Å². The van der Waals surface area contributed by atoms with E-state index in [2.05, 4.69) is 88.8 Å². The number of rotatable bonds is 3. The van der Waals surface area contributed by atoms with Gasteiger partial charge < -0.3 is 9.47 Å². The van der Waals surface area contributed by atoms with Gasteiger partial charge in [-0.15, -0.1) is 6.42 Å². The summed E-state index contributed by atoms with van der Waals surface area (Å²) in [6.45, 7) is 1.84. The van der Waals surface area contributed by atoms with Gasteiger partial charge in [-0.05, 0) is 102 Å². The first-order chi connectivity index (χ1) is 15.5. The minimum Gasteiger partial charge on any atom is -0.462 e. The Kier molecular flexibility index (Phi) is 11.9. The van der Waals surface area contributed by atoms with Crippen molar-refractivity contribution in [3.8, 4) is 101 Å². The second kappa shape index (κ2) is 15.1. The van der Waals surface area contributed by atoms with Crippen LogP contribution in [-0.2, 0) is 9.53 Å². The average molecular weight is 477 g/mol. The number of terminal acetylenes is 1. The molecule has 0 atom stereocenters. The molecule has 0 aliphatic carbocycles. The molecule has 6 heteroatoms. The highest BCUT2D eigenvalue weighted by Gasteiger charge is 2.16. The average Bonchev–Trinajstić information content (AvgIpc) is 2.76. The molecule has 0 amide bonds. The second-order valence-corrected chi connectivity index (χ2v) is 5.59. The van der Waals surface area contributed by atoms with Crippen LogP contribution in [0.4, 0.5) is 0 Å². The Morgan fingerprint density at radius 2 is 1.28 bits per heavy atom. The zero-order valence-corrected chi connectivity index (χ0v) is 17.8. The monoisotopic (exact) mass is 476 g/mol. The molecule has 0 radical (unpaired) electrons. The van der Waals surface area contributed by atoms with Crippen LogP contribution in [0.1, 0.15) is 33.0 Å². The van der Waals surface area contributed by atoms with E-state index in [1.54, 1.807) is 6.92 Å². The van der Waals surface area contributed by atoms with Crippen LogP contribution in [0.2, 0.25) is 10.0 Å². The SMILES string of the molecule is C#CC#CC#CC#CC#CC#CC#CC#CC(=O)Oc1c(Cl)cc(C(=O)OCC)cc1Cl.[HH].[HH].[HH].[HH].[HH].[HH].[HH].[HH].[HH].[HH].[HH]. The molecule has 0 fully saturated rings. The molecule has 0 aliphatic rings. The van der Waals surface area contributed by atoms with E-state index in [0.29, 0.717) is 0 Å². The van der Waals surface area contributed by atoms with Crippen molar-refractivity contribution in [2.75, 3.05) is 6.61 Å². The Balaban J connectivity index is -0.000000103. The van der Waals surface area contributed by atoms with Crippen molar-refractivity contribution in [3.63, 3.8) is 0 Å². The molecule has 0 saturated carbocycles. The molecule has 0 heterocycles. The van der Waals surface area contributed by atoms with Crippen LogP contribution in [0.5, 0.6) is 5.75 Å². The molecule has 172 valence electrons. The third-order valence-corrected chi connectivity index (χ3v) is 3.25. The summed E-state index contributed by atoms with van der Waals surface area (Å²) in [5, 5.41) is -0.110. The lowest BCUT2D eigenvalue weighted by atomic mass is 10.2. The Labute approximate surface area is 212 Å². The first kappa shape index (κ1) is 25.3. The van der Waals surface area contributed by atoms with Crippen molar-refractivity contribution in [3.05, 3.63) is 27.7 Å². The summed E-state index contributed by atoms with van der Waals surface area (Å²) in [5.41, 5.74) is 0.119. The molecule has 0 unspecified atom stereocenters. The van der Waals surface area contributed by atoms with E-state index in [4.69, 9.17) is 39.1 Å². The number of halogens is 2. The van der Waals surface area contributed by atoms with Crippen LogP contribution >= 0.6 is 23.2 Å². The van der Waals surface area contributed by atoms with Crippen LogP contribution in [0.25, 0.3) is 0 Å². The Bertz CT molecular complexity index is 1420. The number of carbonyl (C=O) groups excluding carboxylic acids is 2. The fourth-order valence-electron chi connectivity index (χ4n) is 1.57. The third-order valence-electron chi connectivity index (χ3n) is 2.69. The van der Waals surface area contributed by atoms with Crippen molar-refractivity contribution in [2.45, 2.75) is 6.92 Å². The Morgan fingerprint density at radius 1 is 0.844 bits per heavy atom. The van der Waals surface area contributed by atoms with Gasteiger partial charge in [-0.25, -0.2) is 9.59 Å². The van der Waals surface area contributed by atoms with E-state index in [1.807, 2.05) is 0 Å². The van der Waals surface area contributed by atoms with E-state index in [1.165, 1.54) is 12.1 Å². The molecule has 32 heavy (non-hydrogen) atoms. The summed E-state index contributed by atoms with van der Waals surface area (Å²) in [7, 11) is 0. The molecule has 0 aromatic heterocycles. The minimum atomic E-state index is -0.956. The lowest BCUT2D eigenvalue weighted by Gasteiger charge is -2.08. The first-order valence-corrected chi connectivity index (χ1v) is 9.09. The zero-order valence-electron chi connectivity index (χ0n) is 16.3. The van der Waals surface area contributed by atoms with Gasteiger partial charge in [0.1, 0.15) is 0 Å². The van der Waals surface area contributed by atoms with Gasteiger partial charge in [-0.3, -0.25) is 0 Å². The smallest absolute Gasteiger partial charge is 0.390 e. The van der Waals surface area contributed by atoms with Gasteiger partial charge in [0.25, 0.3) is 0 Å². The first-order valence-electron chi connectivity index (χ1n) is 8.34. The van der Waals surface area contributed by atoms with Gasteiger partial charge in [-0.2, -0.15) is 0 Å².